The normalized spacial score (nSPS) is 19.2. The van der Waals surface area contributed by atoms with Gasteiger partial charge in [-0.1, -0.05) is 53.6 Å². The van der Waals surface area contributed by atoms with Crippen LogP contribution in [-0.4, -0.2) is 53.7 Å². The molecule has 2 aromatic rings. The van der Waals surface area contributed by atoms with Crippen LogP contribution >= 0.6 is 0 Å². The van der Waals surface area contributed by atoms with Crippen molar-refractivity contribution in [1.29, 1.82) is 0 Å². The molecule has 6 nitrogen and oxygen atoms in total. The quantitative estimate of drug-likeness (QED) is 0.592. The van der Waals surface area contributed by atoms with Gasteiger partial charge in [0.05, 0.1) is 30.8 Å². The molecule has 2 aliphatic rings. The van der Waals surface area contributed by atoms with Gasteiger partial charge in [0.2, 0.25) is 0 Å². The highest BCUT2D eigenvalue weighted by Crippen LogP contribution is 2.35. The molecule has 1 atom stereocenters. The molecule has 4 rings (SSSR count). The molecule has 2 heterocycles. The van der Waals surface area contributed by atoms with Crippen molar-refractivity contribution in [1.82, 2.24) is 9.91 Å². The first-order valence-corrected chi connectivity index (χ1v) is 12.3. The van der Waals surface area contributed by atoms with E-state index in [0.717, 1.165) is 29.7 Å². The molecular formula is C28H35N3O3. The highest BCUT2D eigenvalue weighted by Gasteiger charge is 2.35. The van der Waals surface area contributed by atoms with Crippen LogP contribution in [0.15, 0.2) is 47.6 Å². The van der Waals surface area contributed by atoms with Crippen molar-refractivity contribution >= 4 is 17.6 Å². The lowest BCUT2D eigenvalue weighted by atomic mass is 9.93. The fourth-order valence-electron chi connectivity index (χ4n) is 4.95. The number of aryl methyl sites for hydroxylation is 3. The summed E-state index contributed by atoms with van der Waals surface area (Å²) in [4.78, 5) is 27.7. The summed E-state index contributed by atoms with van der Waals surface area (Å²) in [5.41, 5.74) is 6.70. The second-order valence-corrected chi connectivity index (χ2v) is 9.54. The molecule has 0 aromatic heterocycles. The molecule has 2 aliphatic heterocycles. The number of hydrogen-bond acceptors (Lipinski definition) is 5. The number of benzene rings is 2. The number of ether oxygens (including phenoxy) is 1. The van der Waals surface area contributed by atoms with Gasteiger partial charge >= 0.3 is 5.97 Å². The average Bonchev–Trinajstić information content (AvgIpc) is 3.27. The van der Waals surface area contributed by atoms with E-state index >= 15 is 0 Å². The van der Waals surface area contributed by atoms with Crippen LogP contribution in [-0.2, 0) is 14.3 Å². The van der Waals surface area contributed by atoms with Crippen molar-refractivity contribution in [3.05, 3.63) is 70.3 Å². The van der Waals surface area contributed by atoms with Gasteiger partial charge in [0.15, 0.2) is 0 Å². The van der Waals surface area contributed by atoms with Crippen LogP contribution in [0.3, 0.4) is 0 Å². The van der Waals surface area contributed by atoms with E-state index in [1.54, 1.807) is 5.01 Å². The first-order chi connectivity index (χ1) is 16.4. The molecule has 1 saturated heterocycles. The Morgan fingerprint density at radius 3 is 2.47 bits per heavy atom. The van der Waals surface area contributed by atoms with Gasteiger partial charge in [0.25, 0.3) is 5.91 Å². The lowest BCUT2D eigenvalue weighted by Gasteiger charge is -2.32. The first-order valence-electron chi connectivity index (χ1n) is 12.3. The Balaban J connectivity index is 1.53. The number of carbonyl (C=O) groups is 2. The van der Waals surface area contributed by atoms with E-state index in [1.807, 2.05) is 13.0 Å². The predicted molar refractivity (Wildman–Crippen MR) is 134 cm³/mol. The fraction of sp³-hybridized carbons (Fsp3) is 0.464. The Morgan fingerprint density at radius 2 is 1.76 bits per heavy atom. The van der Waals surface area contributed by atoms with Crippen LogP contribution in [0.2, 0.25) is 0 Å². The summed E-state index contributed by atoms with van der Waals surface area (Å²) in [5.74, 6) is -0.176. The summed E-state index contributed by atoms with van der Waals surface area (Å²) in [6, 6.07) is 14.6. The van der Waals surface area contributed by atoms with Gasteiger partial charge in [-0.2, -0.15) is 5.10 Å². The minimum absolute atomic E-state index is 0.00291. The third kappa shape index (κ3) is 5.39. The van der Waals surface area contributed by atoms with Crippen LogP contribution in [0.25, 0.3) is 0 Å². The molecule has 1 amide bonds. The largest absolute Gasteiger partial charge is 0.466 e. The number of rotatable bonds is 6. The summed E-state index contributed by atoms with van der Waals surface area (Å²) < 4.78 is 5.17. The van der Waals surface area contributed by atoms with Crippen LogP contribution in [0, 0.1) is 26.7 Å². The van der Waals surface area contributed by atoms with Crippen molar-refractivity contribution in [3.8, 4) is 0 Å². The number of piperidine rings is 1. The maximum absolute atomic E-state index is 13.5. The fourth-order valence-corrected chi connectivity index (χ4v) is 4.95. The third-order valence-electron chi connectivity index (χ3n) is 6.88. The number of likely N-dealkylation sites (tertiary alicyclic amines) is 1. The number of nitrogens with zero attached hydrogens (tertiary/aromatic N) is 3. The molecule has 0 saturated carbocycles. The lowest BCUT2D eigenvalue weighted by Crippen LogP contribution is -2.43. The highest BCUT2D eigenvalue weighted by atomic mass is 16.5. The molecule has 0 bridgehead atoms. The minimum atomic E-state index is -0.115. The van der Waals surface area contributed by atoms with E-state index in [4.69, 9.17) is 9.84 Å². The molecule has 0 spiro atoms. The molecule has 34 heavy (non-hydrogen) atoms. The smallest absolute Gasteiger partial charge is 0.309 e. The molecule has 0 unspecified atom stereocenters. The number of hydrazone groups is 1. The monoisotopic (exact) mass is 461 g/mol. The van der Waals surface area contributed by atoms with Crippen molar-refractivity contribution in [3.63, 3.8) is 0 Å². The van der Waals surface area contributed by atoms with Crippen LogP contribution in [0.5, 0.6) is 0 Å². The molecule has 180 valence electrons. The maximum atomic E-state index is 13.5. The van der Waals surface area contributed by atoms with Crippen LogP contribution in [0.1, 0.15) is 60.0 Å². The van der Waals surface area contributed by atoms with Gasteiger partial charge in [-0.15, -0.1) is 0 Å². The van der Waals surface area contributed by atoms with E-state index in [9.17, 15) is 9.59 Å². The van der Waals surface area contributed by atoms with Gasteiger partial charge in [-0.3, -0.25) is 14.5 Å². The zero-order chi connectivity index (χ0) is 24.2. The highest BCUT2D eigenvalue weighted by molar-refractivity contribution is 6.03. The molecule has 0 aliphatic carbocycles. The summed E-state index contributed by atoms with van der Waals surface area (Å²) in [5, 5.41) is 6.57. The lowest BCUT2D eigenvalue weighted by molar-refractivity contribution is -0.149. The van der Waals surface area contributed by atoms with Gasteiger partial charge < -0.3 is 4.74 Å². The van der Waals surface area contributed by atoms with Crippen molar-refractivity contribution in [2.24, 2.45) is 11.0 Å². The number of hydrogen-bond donors (Lipinski definition) is 0. The zero-order valence-electron chi connectivity index (χ0n) is 20.7. The van der Waals surface area contributed by atoms with E-state index in [1.165, 1.54) is 16.7 Å². The van der Waals surface area contributed by atoms with E-state index in [-0.39, 0.29) is 23.8 Å². The Kier molecular flexibility index (Phi) is 7.47. The van der Waals surface area contributed by atoms with Gasteiger partial charge in [0, 0.05) is 6.42 Å². The Hall–Kier alpha value is -2.99. The van der Waals surface area contributed by atoms with E-state index in [2.05, 4.69) is 62.1 Å². The molecule has 2 aromatic carbocycles. The molecule has 6 heteroatoms. The van der Waals surface area contributed by atoms with E-state index in [0.29, 0.717) is 32.7 Å². The zero-order valence-corrected chi connectivity index (χ0v) is 20.7. The van der Waals surface area contributed by atoms with Crippen LogP contribution in [0.4, 0.5) is 0 Å². The van der Waals surface area contributed by atoms with Gasteiger partial charge in [-0.05, 0) is 70.3 Å². The summed E-state index contributed by atoms with van der Waals surface area (Å²) >= 11 is 0. The van der Waals surface area contributed by atoms with Crippen molar-refractivity contribution in [2.45, 2.75) is 53.0 Å². The summed E-state index contributed by atoms with van der Waals surface area (Å²) in [6.07, 6.45) is 2.15. The minimum Gasteiger partial charge on any atom is -0.466 e. The topological polar surface area (TPSA) is 62.2 Å². The van der Waals surface area contributed by atoms with Crippen LogP contribution < -0.4 is 0 Å². The summed E-state index contributed by atoms with van der Waals surface area (Å²) in [6.45, 7) is 10.2. The number of esters is 1. The number of carbonyl (C=O) groups excluding carboxylic acids is 2. The standard InChI is InChI=1S/C28H35N3O3/c1-5-34-28(33)22-11-13-30(14-12-22)18-27(32)31-26(24-16-20(3)9-10-21(24)4)17-25(29-31)23-8-6-7-19(2)15-23/h6-10,15-16,22,26H,5,11-14,17-18H2,1-4H3/t26-/m0/s1. The second-order valence-electron chi connectivity index (χ2n) is 9.54. The predicted octanol–water partition coefficient (Wildman–Crippen LogP) is 4.56. The number of amides is 1. The van der Waals surface area contributed by atoms with Crippen molar-refractivity contribution < 1.29 is 14.3 Å². The second kappa shape index (κ2) is 10.5. The molecule has 1 fully saturated rings. The van der Waals surface area contributed by atoms with Gasteiger partial charge in [-0.25, -0.2) is 5.01 Å². The Labute approximate surface area is 202 Å². The first kappa shape index (κ1) is 24.1. The molecule has 0 radical (unpaired) electrons. The SMILES string of the molecule is CCOC(=O)C1CCN(CC(=O)N2N=C(c3cccc(C)c3)C[C@H]2c2cc(C)ccc2C)CC1. The Bertz CT molecular complexity index is 1090. The maximum Gasteiger partial charge on any atom is 0.309 e. The van der Waals surface area contributed by atoms with Gasteiger partial charge in [0.1, 0.15) is 0 Å². The summed E-state index contributed by atoms with van der Waals surface area (Å²) in [7, 11) is 0. The average molecular weight is 462 g/mol. The third-order valence-corrected chi connectivity index (χ3v) is 6.88. The van der Waals surface area contributed by atoms with Crippen molar-refractivity contribution in [2.75, 3.05) is 26.2 Å². The Morgan fingerprint density at radius 1 is 1.03 bits per heavy atom. The molecular weight excluding hydrogens is 426 g/mol. The molecule has 0 N–H and O–H groups in total. The van der Waals surface area contributed by atoms with E-state index < -0.39 is 0 Å².